The van der Waals surface area contributed by atoms with Crippen molar-refractivity contribution in [2.24, 2.45) is 0 Å². The van der Waals surface area contributed by atoms with Gasteiger partial charge in [0.2, 0.25) is 0 Å². The molecule has 3 rings (SSSR count). The normalized spacial score (nSPS) is 10.6. The minimum absolute atomic E-state index is 0.772. The lowest BCUT2D eigenvalue weighted by Crippen LogP contribution is -2.02. The second-order valence-electron chi connectivity index (χ2n) is 4.53. The van der Waals surface area contributed by atoms with Crippen LogP contribution in [0.4, 0.5) is 5.69 Å². The summed E-state index contributed by atoms with van der Waals surface area (Å²) in [6.45, 7) is 2.87. The number of benzene rings is 1. The number of pyridine rings is 2. The van der Waals surface area contributed by atoms with Crippen LogP contribution in [0.3, 0.4) is 0 Å². The number of hydrogen-bond acceptors (Lipinski definition) is 3. The van der Waals surface area contributed by atoms with Crippen LogP contribution in [0.1, 0.15) is 11.1 Å². The molecule has 3 aromatic rings. The minimum atomic E-state index is 0.772. The standard InChI is InChI=1S/C16H15N3/c1-12-6-8-17-10-13(12)11-19-16-7-9-18-15-5-3-2-4-14(15)16/h2-10H,11H2,1H3,(H,18,19). The van der Waals surface area contributed by atoms with Crippen LogP contribution in [0.25, 0.3) is 10.9 Å². The van der Waals surface area contributed by atoms with Gasteiger partial charge in [-0.2, -0.15) is 0 Å². The lowest BCUT2D eigenvalue weighted by molar-refractivity contribution is 1.08. The van der Waals surface area contributed by atoms with Gasteiger partial charge in [-0.05, 0) is 36.2 Å². The Hall–Kier alpha value is -2.42. The molecule has 19 heavy (non-hydrogen) atoms. The van der Waals surface area contributed by atoms with Crippen LogP contribution in [-0.2, 0) is 6.54 Å². The summed E-state index contributed by atoms with van der Waals surface area (Å²) in [5.74, 6) is 0. The number of aromatic nitrogens is 2. The largest absolute Gasteiger partial charge is 0.380 e. The molecule has 0 atom stereocenters. The maximum atomic E-state index is 4.36. The SMILES string of the molecule is Cc1ccncc1CNc1ccnc2ccccc12. The van der Waals surface area contributed by atoms with Crippen molar-refractivity contribution in [1.29, 1.82) is 0 Å². The molecule has 0 saturated carbocycles. The number of nitrogens with one attached hydrogen (secondary N) is 1. The van der Waals surface area contributed by atoms with Crippen LogP contribution in [0.2, 0.25) is 0 Å². The van der Waals surface area contributed by atoms with Crippen molar-refractivity contribution < 1.29 is 0 Å². The van der Waals surface area contributed by atoms with Crippen LogP contribution < -0.4 is 5.32 Å². The molecule has 0 aliphatic carbocycles. The molecule has 2 aromatic heterocycles. The van der Waals surface area contributed by atoms with E-state index in [1.807, 2.05) is 48.9 Å². The lowest BCUT2D eigenvalue weighted by atomic mass is 10.1. The molecule has 0 unspecified atom stereocenters. The van der Waals surface area contributed by atoms with Gasteiger partial charge in [-0.1, -0.05) is 18.2 Å². The van der Waals surface area contributed by atoms with Gasteiger partial charge in [-0.15, -0.1) is 0 Å². The van der Waals surface area contributed by atoms with Crippen LogP contribution in [0.15, 0.2) is 55.0 Å². The second kappa shape index (κ2) is 5.06. The van der Waals surface area contributed by atoms with Gasteiger partial charge in [-0.3, -0.25) is 9.97 Å². The molecule has 1 N–H and O–H groups in total. The van der Waals surface area contributed by atoms with Gasteiger partial charge >= 0.3 is 0 Å². The Balaban J connectivity index is 1.88. The van der Waals surface area contributed by atoms with Gasteiger partial charge in [0.05, 0.1) is 5.52 Å². The van der Waals surface area contributed by atoms with Gasteiger partial charge in [0.1, 0.15) is 0 Å². The average Bonchev–Trinajstić information content (AvgIpc) is 2.46. The van der Waals surface area contributed by atoms with E-state index in [-0.39, 0.29) is 0 Å². The molecule has 1 aromatic carbocycles. The maximum Gasteiger partial charge on any atom is 0.0722 e. The van der Waals surface area contributed by atoms with Crippen LogP contribution in [0.5, 0.6) is 0 Å². The predicted octanol–water partition coefficient (Wildman–Crippen LogP) is 3.55. The zero-order chi connectivity index (χ0) is 13.1. The summed E-state index contributed by atoms with van der Waals surface area (Å²) in [7, 11) is 0. The summed E-state index contributed by atoms with van der Waals surface area (Å²) in [5.41, 5.74) is 4.58. The minimum Gasteiger partial charge on any atom is -0.380 e. The Morgan fingerprint density at radius 1 is 1.05 bits per heavy atom. The number of rotatable bonds is 3. The van der Waals surface area contributed by atoms with E-state index in [1.54, 1.807) is 0 Å². The number of fused-ring (bicyclic) bond motifs is 1. The molecular formula is C16H15N3. The number of nitrogens with zero attached hydrogens (tertiary/aromatic N) is 2. The van der Waals surface area contributed by atoms with Crippen molar-refractivity contribution in [1.82, 2.24) is 9.97 Å². The number of anilines is 1. The van der Waals surface area contributed by atoms with Gasteiger partial charge in [0.15, 0.2) is 0 Å². The summed E-state index contributed by atoms with van der Waals surface area (Å²) in [5, 5.41) is 4.61. The van der Waals surface area contributed by atoms with Crippen molar-refractivity contribution in [3.63, 3.8) is 0 Å². The van der Waals surface area contributed by atoms with E-state index in [1.165, 1.54) is 11.1 Å². The fourth-order valence-electron chi connectivity index (χ4n) is 2.12. The topological polar surface area (TPSA) is 37.8 Å². The van der Waals surface area contributed by atoms with Gasteiger partial charge < -0.3 is 5.32 Å². The van der Waals surface area contributed by atoms with E-state index >= 15 is 0 Å². The number of para-hydroxylation sites is 1. The first-order chi connectivity index (χ1) is 9.34. The molecule has 3 nitrogen and oxygen atoms in total. The summed E-state index contributed by atoms with van der Waals surface area (Å²) >= 11 is 0. The molecule has 0 bridgehead atoms. The highest BCUT2D eigenvalue weighted by Crippen LogP contribution is 2.21. The molecule has 0 spiro atoms. The fraction of sp³-hybridized carbons (Fsp3) is 0.125. The van der Waals surface area contributed by atoms with Crippen LogP contribution >= 0.6 is 0 Å². The average molecular weight is 249 g/mol. The monoisotopic (exact) mass is 249 g/mol. The van der Waals surface area contributed by atoms with Gasteiger partial charge in [0.25, 0.3) is 0 Å². The number of hydrogen-bond donors (Lipinski definition) is 1. The predicted molar refractivity (Wildman–Crippen MR) is 78.0 cm³/mol. The number of aryl methyl sites for hydroxylation is 1. The van der Waals surface area contributed by atoms with E-state index in [0.717, 1.165) is 23.1 Å². The summed E-state index contributed by atoms with van der Waals surface area (Å²) in [4.78, 5) is 8.53. The third kappa shape index (κ3) is 2.40. The van der Waals surface area contributed by atoms with E-state index in [2.05, 4.69) is 28.3 Å². The summed E-state index contributed by atoms with van der Waals surface area (Å²) in [6, 6.07) is 12.2. The van der Waals surface area contributed by atoms with Crippen LogP contribution in [-0.4, -0.2) is 9.97 Å². The molecule has 0 fully saturated rings. The molecule has 0 aliphatic heterocycles. The first kappa shape index (κ1) is 11.7. The highest BCUT2D eigenvalue weighted by Gasteiger charge is 2.02. The first-order valence-electron chi connectivity index (χ1n) is 6.32. The maximum absolute atomic E-state index is 4.36. The Bertz CT molecular complexity index is 702. The first-order valence-corrected chi connectivity index (χ1v) is 6.32. The smallest absolute Gasteiger partial charge is 0.0722 e. The highest BCUT2D eigenvalue weighted by atomic mass is 14.9. The molecule has 94 valence electrons. The summed E-state index contributed by atoms with van der Waals surface area (Å²) in [6.07, 6.45) is 5.56. The van der Waals surface area contributed by atoms with Crippen LogP contribution in [0, 0.1) is 6.92 Å². The third-order valence-electron chi connectivity index (χ3n) is 3.27. The fourth-order valence-corrected chi connectivity index (χ4v) is 2.12. The Morgan fingerprint density at radius 3 is 2.84 bits per heavy atom. The lowest BCUT2D eigenvalue weighted by Gasteiger charge is -2.10. The van der Waals surface area contributed by atoms with E-state index < -0.39 is 0 Å². The van der Waals surface area contributed by atoms with Gasteiger partial charge in [-0.25, -0.2) is 0 Å². The Kier molecular flexibility index (Phi) is 3.11. The zero-order valence-corrected chi connectivity index (χ0v) is 10.8. The third-order valence-corrected chi connectivity index (χ3v) is 3.27. The van der Waals surface area contributed by atoms with Crippen molar-refractivity contribution >= 4 is 16.6 Å². The zero-order valence-electron chi connectivity index (χ0n) is 10.8. The van der Waals surface area contributed by atoms with Crippen molar-refractivity contribution in [3.8, 4) is 0 Å². The molecule has 3 heteroatoms. The molecule has 2 heterocycles. The van der Waals surface area contributed by atoms with E-state index in [0.29, 0.717) is 0 Å². The molecule has 0 aliphatic rings. The molecular weight excluding hydrogens is 234 g/mol. The highest BCUT2D eigenvalue weighted by molar-refractivity contribution is 5.90. The molecule has 0 radical (unpaired) electrons. The van der Waals surface area contributed by atoms with E-state index in [4.69, 9.17) is 0 Å². The molecule has 0 amide bonds. The quantitative estimate of drug-likeness (QED) is 0.771. The Morgan fingerprint density at radius 2 is 1.95 bits per heavy atom. The van der Waals surface area contributed by atoms with Gasteiger partial charge in [0, 0.05) is 36.2 Å². The van der Waals surface area contributed by atoms with Crippen molar-refractivity contribution in [3.05, 3.63) is 66.1 Å². The Labute approximate surface area is 112 Å². The van der Waals surface area contributed by atoms with Crippen molar-refractivity contribution in [2.45, 2.75) is 13.5 Å². The second-order valence-corrected chi connectivity index (χ2v) is 4.53. The molecule has 0 saturated heterocycles. The van der Waals surface area contributed by atoms with E-state index in [9.17, 15) is 0 Å². The van der Waals surface area contributed by atoms with Crippen molar-refractivity contribution in [2.75, 3.05) is 5.32 Å². The summed E-state index contributed by atoms with van der Waals surface area (Å²) < 4.78 is 0.